The Labute approximate surface area is 118 Å². The zero-order valence-corrected chi connectivity index (χ0v) is 11.3. The summed E-state index contributed by atoms with van der Waals surface area (Å²) >= 11 is 0. The number of halogens is 4. The molecular weight excluding hydrogens is 314 g/mol. The second-order valence-corrected chi connectivity index (χ2v) is 5.57. The molecule has 10 heteroatoms. The first kappa shape index (κ1) is 17.4. The van der Waals surface area contributed by atoms with Gasteiger partial charge in [-0.2, -0.15) is 8.78 Å². The van der Waals surface area contributed by atoms with Gasteiger partial charge in [0.1, 0.15) is 4.90 Å². The Hall–Kier alpha value is -1.70. The van der Waals surface area contributed by atoms with Crippen molar-refractivity contribution in [1.82, 2.24) is 9.71 Å². The zero-order chi connectivity index (χ0) is 16.1. The van der Waals surface area contributed by atoms with Crippen LogP contribution < -0.4 is 10.5 Å². The Balaban J connectivity index is 2.93. The van der Waals surface area contributed by atoms with Crippen LogP contribution in [0, 0.1) is 11.8 Å². The molecular formula is C11H11F4N3O2S. The summed E-state index contributed by atoms with van der Waals surface area (Å²) in [6.07, 6.45) is -1.84. The molecule has 1 heterocycles. The molecule has 0 radical (unpaired) electrons. The summed E-state index contributed by atoms with van der Waals surface area (Å²) < 4.78 is 74.2. The van der Waals surface area contributed by atoms with Crippen LogP contribution in [0.1, 0.15) is 5.56 Å². The number of nitrogens with one attached hydrogen (secondary N) is 1. The van der Waals surface area contributed by atoms with E-state index in [0.717, 1.165) is 12.3 Å². The molecule has 0 aliphatic carbocycles. The molecule has 3 N–H and O–H groups in total. The molecule has 5 nitrogen and oxygen atoms in total. The van der Waals surface area contributed by atoms with Gasteiger partial charge in [0.15, 0.2) is 0 Å². The van der Waals surface area contributed by atoms with Crippen molar-refractivity contribution < 1.29 is 26.0 Å². The number of sulfonamides is 1. The van der Waals surface area contributed by atoms with Gasteiger partial charge < -0.3 is 5.73 Å². The van der Waals surface area contributed by atoms with Crippen molar-refractivity contribution in [1.29, 1.82) is 0 Å². The second kappa shape index (κ2) is 6.84. The lowest BCUT2D eigenvalue weighted by molar-refractivity contribution is -0.122. The fraction of sp³-hybridized carbons (Fsp3) is 0.364. The van der Waals surface area contributed by atoms with Gasteiger partial charge in [0.05, 0.1) is 13.1 Å². The fourth-order valence-corrected chi connectivity index (χ4v) is 2.17. The highest BCUT2D eigenvalue weighted by Crippen LogP contribution is 2.22. The van der Waals surface area contributed by atoms with E-state index in [1.54, 1.807) is 0 Å². The van der Waals surface area contributed by atoms with E-state index in [0.29, 0.717) is 0 Å². The van der Waals surface area contributed by atoms with Crippen molar-refractivity contribution in [3.05, 3.63) is 24.0 Å². The first-order valence-electron chi connectivity index (χ1n) is 5.48. The average molecular weight is 325 g/mol. The molecule has 0 aliphatic heterocycles. The number of hydrogen-bond acceptors (Lipinski definition) is 4. The molecule has 0 saturated heterocycles. The van der Waals surface area contributed by atoms with Crippen LogP contribution in [0.25, 0.3) is 0 Å². The first-order chi connectivity index (χ1) is 9.69. The SMILES string of the molecule is NCC#Cc1cncc(S(=O)(=O)NCC(F)(F)C(F)F)c1. The molecule has 0 saturated carbocycles. The standard InChI is InChI=1S/C11H11F4N3O2S/c12-10(13)11(14,15)7-18-21(19,20)9-4-8(2-1-3-16)5-17-6-9/h4-6,10,18H,3,7,16H2. The van der Waals surface area contributed by atoms with Crippen LogP contribution in [-0.4, -0.2) is 38.8 Å². The predicted octanol–water partition coefficient (Wildman–Crippen LogP) is 0.570. The predicted molar refractivity (Wildman–Crippen MR) is 66.3 cm³/mol. The number of rotatable bonds is 5. The van der Waals surface area contributed by atoms with E-state index >= 15 is 0 Å². The monoisotopic (exact) mass is 325 g/mol. The molecule has 1 aromatic rings. The van der Waals surface area contributed by atoms with Crippen molar-refractivity contribution in [2.75, 3.05) is 13.1 Å². The largest absolute Gasteiger partial charge is 0.320 e. The maximum Gasteiger partial charge on any atom is 0.320 e. The van der Waals surface area contributed by atoms with Gasteiger partial charge in [-0.1, -0.05) is 11.8 Å². The van der Waals surface area contributed by atoms with Gasteiger partial charge in [-0.15, -0.1) is 0 Å². The molecule has 0 spiro atoms. The van der Waals surface area contributed by atoms with Gasteiger partial charge in [0.25, 0.3) is 0 Å². The minimum absolute atomic E-state index is 0.0375. The Morgan fingerprint density at radius 2 is 2.05 bits per heavy atom. The Bertz CT molecular complexity index is 653. The average Bonchev–Trinajstić information content (AvgIpc) is 2.43. The van der Waals surface area contributed by atoms with E-state index in [4.69, 9.17) is 5.73 Å². The third kappa shape index (κ3) is 4.96. The quantitative estimate of drug-likeness (QED) is 0.612. The lowest BCUT2D eigenvalue weighted by atomic mass is 10.3. The minimum atomic E-state index is -4.46. The van der Waals surface area contributed by atoms with Crippen LogP contribution in [-0.2, 0) is 10.0 Å². The van der Waals surface area contributed by atoms with Gasteiger partial charge >= 0.3 is 12.3 Å². The van der Waals surface area contributed by atoms with Crippen LogP contribution in [0.4, 0.5) is 17.6 Å². The molecule has 21 heavy (non-hydrogen) atoms. The molecule has 0 amide bonds. The number of aromatic nitrogens is 1. The van der Waals surface area contributed by atoms with Gasteiger partial charge in [-0.25, -0.2) is 21.9 Å². The van der Waals surface area contributed by atoms with Crippen LogP contribution in [0.15, 0.2) is 23.4 Å². The van der Waals surface area contributed by atoms with Crippen molar-refractivity contribution >= 4 is 10.0 Å². The third-order valence-electron chi connectivity index (χ3n) is 2.18. The van der Waals surface area contributed by atoms with E-state index in [-0.39, 0.29) is 12.1 Å². The van der Waals surface area contributed by atoms with E-state index in [2.05, 4.69) is 16.8 Å². The highest BCUT2D eigenvalue weighted by molar-refractivity contribution is 7.89. The van der Waals surface area contributed by atoms with Crippen LogP contribution in [0.5, 0.6) is 0 Å². The second-order valence-electron chi connectivity index (χ2n) is 3.80. The van der Waals surface area contributed by atoms with Crippen molar-refractivity contribution in [3.63, 3.8) is 0 Å². The number of hydrogen-bond donors (Lipinski definition) is 2. The Morgan fingerprint density at radius 3 is 2.62 bits per heavy atom. The lowest BCUT2D eigenvalue weighted by Gasteiger charge is -2.15. The van der Waals surface area contributed by atoms with Crippen LogP contribution >= 0.6 is 0 Å². The smallest absolute Gasteiger partial charge is 0.320 e. The number of alkyl halides is 4. The maximum atomic E-state index is 12.7. The zero-order valence-electron chi connectivity index (χ0n) is 10.5. The van der Waals surface area contributed by atoms with E-state index in [1.807, 2.05) is 0 Å². The summed E-state index contributed by atoms with van der Waals surface area (Å²) in [6, 6.07) is 1.07. The third-order valence-corrected chi connectivity index (χ3v) is 3.54. The van der Waals surface area contributed by atoms with Crippen molar-refractivity contribution in [2.45, 2.75) is 17.2 Å². The maximum absolute atomic E-state index is 12.7. The summed E-state index contributed by atoms with van der Waals surface area (Å²) in [5.74, 6) is 0.506. The molecule has 0 bridgehead atoms. The summed E-state index contributed by atoms with van der Waals surface area (Å²) in [4.78, 5) is 3.12. The number of pyridine rings is 1. The molecule has 0 aromatic carbocycles. The van der Waals surface area contributed by atoms with Crippen LogP contribution in [0.3, 0.4) is 0 Å². The topological polar surface area (TPSA) is 85.1 Å². The van der Waals surface area contributed by atoms with E-state index in [1.165, 1.54) is 10.9 Å². The molecule has 1 rings (SSSR count). The van der Waals surface area contributed by atoms with E-state index < -0.39 is 33.8 Å². The Kier molecular flexibility index (Phi) is 5.65. The molecule has 0 unspecified atom stereocenters. The highest BCUT2D eigenvalue weighted by Gasteiger charge is 2.41. The van der Waals surface area contributed by atoms with Crippen molar-refractivity contribution in [2.24, 2.45) is 5.73 Å². The normalized spacial score (nSPS) is 12.1. The first-order valence-corrected chi connectivity index (χ1v) is 6.97. The summed E-state index contributed by atoms with van der Waals surface area (Å²) in [5, 5.41) is 0. The van der Waals surface area contributed by atoms with Gasteiger partial charge in [0.2, 0.25) is 10.0 Å². The minimum Gasteiger partial charge on any atom is -0.320 e. The van der Waals surface area contributed by atoms with Gasteiger partial charge in [0, 0.05) is 18.0 Å². The molecule has 0 fully saturated rings. The Morgan fingerprint density at radius 1 is 1.38 bits per heavy atom. The number of nitrogens with two attached hydrogens (primary N) is 1. The summed E-state index contributed by atoms with van der Waals surface area (Å²) in [5.41, 5.74) is 5.34. The lowest BCUT2D eigenvalue weighted by Crippen LogP contribution is -2.41. The molecule has 0 atom stereocenters. The fourth-order valence-electron chi connectivity index (χ4n) is 1.14. The van der Waals surface area contributed by atoms with Crippen LogP contribution in [0.2, 0.25) is 0 Å². The molecule has 0 aliphatic rings. The molecule has 1 aromatic heterocycles. The van der Waals surface area contributed by atoms with E-state index in [9.17, 15) is 26.0 Å². The van der Waals surface area contributed by atoms with Gasteiger partial charge in [-0.05, 0) is 6.07 Å². The van der Waals surface area contributed by atoms with Gasteiger partial charge in [-0.3, -0.25) is 4.98 Å². The molecule has 116 valence electrons. The summed E-state index contributed by atoms with van der Waals surface area (Å²) in [7, 11) is -4.40. The summed E-state index contributed by atoms with van der Waals surface area (Å²) in [6.45, 7) is -1.68. The number of nitrogens with zero attached hydrogens (tertiary/aromatic N) is 1. The van der Waals surface area contributed by atoms with Crippen molar-refractivity contribution in [3.8, 4) is 11.8 Å². The highest BCUT2D eigenvalue weighted by atomic mass is 32.2.